The number of aryl methyl sites for hydroxylation is 1. The topological polar surface area (TPSA) is 52.0 Å². The highest BCUT2D eigenvalue weighted by atomic mass is 14.6. The molecular formula is C22H34N2. The molecular weight excluding hydrogens is 292 g/mol. The quantitative estimate of drug-likeness (QED) is 0.367. The third-order valence-electron chi connectivity index (χ3n) is 5.00. The summed E-state index contributed by atoms with van der Waals surface area (Å²) >= 11 is 0. The molecule has 4 N–H and O–H groups in total. The highest BCUT2D eigenvalue weighted by Crippen LogP contribution is 2.31. The van der Waals surface area contributed by atoms with E-state index < -0.39 is 0 Å². The van der Waals surface area contributed by atoms with E-state index in [1.54, 1.807) is 0 Å². The Bertz CT molecular complexity index is 619. The molecule has 2 aromatic carbocycles. The fourth-order valence-corrected chi connectivity index (χ4v) is 3.50. The van der Waals surface area contributed by atoms with Crippen LogP contribution in [0.15, 0.2) is 30.3 Å². The Kier molecular flexibility index (Phi) is 7.94. The second-order valence-corrected chi connectivity index (χ2v) is 7.02. The minimum Gasteiger partial charge on any atom is -0.398 e. The minimum absolute atomic E-state index is 0.849. The molecule has 0 aliphatic rings. The Morgan fingerprint density at radius 1 is 0.708 bits per heavy atom. The molecule has 0 bridgehead atoms. The van der Waals surface area contributed by atoms with Crippen LogP contribution in [0.2, 0.25) is 0 Å². The van der Waals surface area contributed by atoms with E-state index in [2.05, 4.69) is 19.1 Å². The molecule has 2 nitrogen and oxygen atoms in total. The normalized spacial score (nSPS) is 11.2. The first-order valence-electron chi connectivity index (χ1n) is 9.79. The van der Waals surface area contributed by atoms with Crippen LogP contribution < -0.4 is 11.5 Å². The molecule has 2 aromatic rings. The van der Waals surface area contributed by atoms with Gasteiger partial charge < -0.3 is 11.5 Å². The molecule has 2 heteroatoms. The zero-order chi connectivity index (χ0) is 17.2. The molecule has 0 amide bonds. The maximum Gasteiger partial charge on any atom is 0.0427 e. The Morgan fingerprint density at radius 2 is 1.25 bits per heavy atom. The number of hydrogen-bond acceptors (Lipinski definition) is 2. The van der Waals surface area contributed by atoms with Crippen LogP contribution in [0, 0.1) is 0 Å². The van der Waals surface area contributed by atoms with Crippen molar-refractivity contribution in [3.05, 3.63) is 35.9 Å². The van der Waals surface area contributed by atoms with Crippen molar-refractivity contribution >= 4 is 22.1 Å². The van der Waals surface area contributed by atoms with E-state index >= 15 is 0 Å². The first-order chi connectivity index (χ1) is 11.7. The molecule has 0 saturated carbocycles. The van der Waals surface area contributed by atoms with Crippen molar-refractivity contribution in [3.8, 4) is 0 Å². The van der Waals surface area contributed by atoms with Crippen LogP contribution in [0.3, 0.4) is 0 Å². The second kappa shape index (κ2) is 10.2. The van der Waals surface area contributed by atoms with Gasteiger partial charge in [0.1, 0.15) is 0 Å². The van der Waals surface area contributed by atoms with Crippen LogP contribution in [-0.4, -0.2) is 0 Å². The van der Waals surface area contributed by atoms with Gasteiger partial charge in [-0.2, -0.15) is 0 Å². The van der Waals surface area contributed by atoms with Crippen molar-refractivity contribution in [2.45, 2.75) is 77.6 Å². The first kappa shape index (κ1) is 18.6. The van der Waals surface area contributed by atoms with E-state index in [4.69, 9.17) is 11.5 Å². The number of rotatable bonds is 11. The third-order valence-corrected chi connectivity index (χ3v) is 5.00. The lowest BCUT2D eigenvalue weighted by Crippen LogP contribution is -1.99. The Balaban J connectivity index is 1.70. The molecule has 0 heterocycles. The van der Waals surface area contributed by atoms with Crippen LogP contribution >= 0.6 is 0 Å². The fraction of sp³-hybridized carbons (Fsp3) is 0.545. The summed E-state index contributed by atoms with van der Waals surface area (Å²) in [6.07, 6.45) is 14.6. The van der Waals surface area contributed by atoms with E-state index in [-0.39, 0.29) is 0 Å². The van der Waals surface area contributed by atoms with Gasteiger partial charge in [0, 0.05) is 22.1 Å². The summed E-state index contributed by atoms with van der Waals surface area (Å²) in [4.78, 5) is 0. The average Bonchev–Trinajstić information content (AvgIpc) is 2.60. The molecule has 2 rings (SSSR count). The van der Waals surface area contributed by atoms with Crippen molar-refractivity contribution in [1.29, 1.82) is 0 Å². The molecule has 0 atom stereocenters. The number of benzene rings is 2. The molecule has 0 aliphatic heterocycles. The number of nitrogens with two attached hydrogens (primary N) is 2. The molecule has 0 aromatic heterocycles. The van der Waals surface area contributed by atoms with Crippen molar-refractivity contribution < 1.29 is 0 Å². The van der Waals surface area contributed by atoms with Gasteiger partial charge in [-0.05, 0) is 24.5 Å². The highest BCUT2D eigenvalue weighted by Gasteiger charge is 2.07. The second-order valence-electron chi connectivity index (χ2n) is 7.02. The van der Waals surface area contributed by atoms with Gasteiger partial charge in [0.15, 0.2) is 0 Å². The summed E-state index contributed by atoms with van der Waals surface area (Å²) < 4.78 is 0. The van der Waals surface area contributed by atoms with Crippen LogP contribution in [-0.2, 0) is 6.42 Å². The van der Waals surface area contributed by atoms with E-state index in [9.17, 15) is 0 Å². The lowest BCUT2D eigenvalue weighted by atomic mass is 9.98. The van der Waals surface area contributed by atoms with Gasteiger partial charge in [-0.15, -0.1) is 0 Å². The smallest absolute Gasteiger partial charge is 0.0427 e. The van der Waals surface area contributed by atoms with E-state index in [0.717, 1.165) is 28.6 Å². The zero-order valence-electron chi connectivity index (χ0n) is 15.3. The predicted octanol–water partition coefficient (Wildman–Crippen LogP) is 6.47. The van der Waals surface area contributed by atoms with Gasteiger partial charge >= 0.3 is 0 Å². The summed E-state index contributed by atoms with van der Waals surface area (Å²) in [6, 6.07) is 10.2. The van der Waals surface area contributed by atoms with Gasteiger partial charge in [-0.25, -0.2) is 0 Å². The fourth-order valence-electron chi connectivity index (χ4n) is 3.50. The summed E-state index contributed by atoms with van der Waals surface area (Å²) in [7, 11) is 0. The Hall–Kier alpha value is -1.70. The van der Waals surface area contributed by atoms with Gasteiger partial charge in [0.05, 0.1) is 0 Å². The third kappa shape index (κ3) is 5.43. The van der Waals surface area contributed by atoms with Crippen molar-refractivity contribution in [3.63, 3.8) is 0 Å². The summed E-state index contributed by atoms with van der Waals surface area (Å²) in [5, 5.41) is 2.17. The van der Waals surface area contributed by atoms with Crippen molar-refractivity contribution in [2.75, 3.05) is 11.5 Å². The van der Waals surface area contributed by atoms with Crippen molar-refractivity contribution in [1.82, 2.24) is 0 Å². The van der Waals surface area contributed by atoms with Crippen LogP contribution in [0.25, 0.3) is 10.8 Å². The number of anilines is 2. The lowest BCUT2D eigenvalue weighted by Gasteiger charge is -2.12. The summed E-state index contributed by atoms with van der Waals surface area (Å²) in [5.41, 5.74) is 15.5. The van der Waals surface area contributed by atoms with Crippen LogP contribution in [0.4, 0.5) is 11.4 Å². The highest BCUT2D eigenvalue weighted by molar-refractivity contribution is 6.01. The summed E-state index contributed by atoms with van der Waals surface area (Å²) in [6.45, 7) is 2.27. The monoisotopic (exact) mass is 326 g/mol. The number of fused-ring (bicyclic) bond motifs is 1. The first-order valence-corrected chi connectivity index (χ1v) is 9.79. The number of hydrogen-bond donors (Lipinski definition) is 2. The van der Waals surface area contributed by atoms with Crippen LogP contribution in [0.1, 0.15) is 76.7 Å². The van der Waals surface area contributed by atoms with E-state index in [1.165, 1.54) is 69.8 Å². The Labute approximate surface area is 147 Å². The number of unbranched alkanes of at least 4 members (excludes halogenated alkanes) is 9. The zero-order valence-corrected chi connectivity index (χ0v) is 15.3. The molecule has 132 valence electrons. The summed E-state index contributed by atoms with van der Waals surface area (Å²) in [5.74, 6) is 0. The van der Waals surface area contributed by atoms with Gasteiger partial charge in [0.2, 0.25) is 0 Å². The minimum atomic E-state index is 0.849. The molecule has 0 aliphatic carbocycles. The standard InChI is InChI=1S/C22H34N2/c1-2-3-4-5-6-7-8-9-10-11-14-18-17-21(23)19-15-12-13-16-20(19)22(18)24/h12-13,15-17H,2-11,14,23-24H2,1H3. The van der Waals surface area contributed by atoms with Gasteiger partial charge in [-0.1, -0.05) is 89.0 Å². The predicted molar refractivity (Wildman–Crippen MR) is 108 cm³/mol. The maximum absolute atomic E-state index is 6.35. The lowest BCUT2D eigenvalue weighted by molar-refractivity contribution is 0.556. The molecule has 0 spiro atoms. The van der Waals surface area contributed by atoms with Gasteiger partial charge in [0.25, 0.3) is 0 Å². The number of nitrogen functional groups attached to an aromatic ring is 2. The molecule has 0 radical (unpaired) electrons. The molecule has 0 unspecified atom stereocenters. The van der Waals surface area contributed by atoms with Gasteiger partial charge in [-0.3, -0.25) is 0 Å². The maximum atomic E-state index is 6.35. The SMILES string of the molecule is CCCCCCCCCCCCc1cc(N)c2ccccc2c1N. The largest absolute Gasteiger partial charge is 0.398 e. The Morgan fingerprint density at radius 3 is 1.88 bits per heavy atom. The molecule has 0 fully saturated rings. The van der Waals surface area contributed by atoms with Crippen LogP contribution in [0.5, 0.6) is 0 Å². The van der Waals surface area contributed by atoms with E-state index in [1.807, 2.05) is 18.2 Å². The molecule has 0 saturated heterocycles. The molecule has 24 heavy (non-hydrogen) atoms. The van der Waals surface area contributed by atoms with Crippen molar-refractivity contribution in [2.24, 2.45) is 0 Å². The average molecular weight is 327 g/mol. The van der Waals surface area contributed by atoms with E-state index in [0.29, 0.717) is 0 Å².